The molecule has 0 N–H and O–H groups in total. The first-order valence-electron chi connectivity index (χ1n) is 6.08. The number of allylic oxidation sites excluding steroid dienone is 1. The van der Waals surface area contributed by atoms with E-state index in [0.717, 1.165) is 13.1 Å². The van der Waals surface area contributed by atoms with Crippen molar-refractivity contribution in [2.45, 2.75) is 13.3 Å². The summed E-state index contributed by atoms with van der Waals surface area (Å²) in [5.41, 5.74) is 1.26. The van der Waals surface area contributed by atoms with E-state index in [0.29, 0.717) is 15.2 Å². The van der Waals surface area contributed by atoms with E-state index < -0.39 is 0 Å². The summed E-state index contributed by atoms with van der Waals surface area (Å²) < 4.78 is 2.57. The molecule has 0 amide bonds. The van der Waals surface area contributed by atoms with Crippen LogP contribution in [0.2, 0.25) is 0 Å². The molecular weight excluding hydrogens is 277 g/mol. The third kappa shape index (κ3) is 3.84. The number of aromatic nitrogens is 1. The Balaban J connectivity index is 1.92. The number of nitrogens with zero attached hydrogens (tertiary/aromatic N) is 3. The summed E-state index contributed by atoms with van der Waals surface area (Å²) in [7, 11) is 0. The molecular formula is C13H19N3Se. The fraction of sp³-hybridized carbons (Fsp3) is 0.462. The molecule has 0 aromatic carbocycles. The van der Waals surface area contributed by atoms with E-state index in [9.17, 15) is 0 Å². The first-order chi connectivity index (χ1) is 8.40. The molecule has 1 aliphatic heterocycles. The normalized spacial score (nSPS) is 18.5. The van der Waals surface area contributed by atoms with Gasteiger partial charge in [-0.1, -0.05) is 0 Å². The van der Waals surface area contributed by atoms with Crippen LogP contribution in [0.1, 0.15) is 13.3 Å². The SMILES string of the molecule is C/C=C/[Se]N1CCCN(c2cccnc2)CC1. The molecule has 1 fully saturated rings. The summed E-state index contributed by atoms with van der Waals surface area (Å²) in [4.78, 5) is 8.94. The van der Waals surface area contributed by atoms with Crippen molar-refractivity contribution in [3.05, 3.63) is 35.6 Å². The average Bonchev–Trinajstić information content (AvgIpc) is 2.63. The minimum atomic E-state index is 0.527. The number of pyridine rings is 1. The molecule has 1 saturated heterocycles. The minimum absolute atomic E-state index is 0.527. The van der Waals surface area contributed by atoms with Gasteiger partial charge in [0.15, 0.2) is 0 Å². The van der Waals surface area contributed by atoms with Gasteiger partial charge in [-0.05, 0) is 0 Å². The fourth-order valence-corrected chi connectivity index (χ4v) is 3.45. The van der Waals surface area contributed by atoms with Crippen molar-refractivity contribution >= 4 is 20.9 Å². The maximum atomic E-state index is 4.20. The van der Waals surface area contributed by atoms with Gasteiger partial charge in [0.05, 0.1) is 0 Å². The maximum absolute atomic E-state index is 4.20. The van der Waals surface area contributed by atoms with Gasteiger partial charge in [0, 0.05) is 0 Å². The van der Waals surface area contributed by atoms with Gasteiger partial charge in [0.25, 0.3) is 0 Å². The van der Waals surface area contributed by atoms with Crippen LogP contribution in [0.15, 0.2) is 35.6 Å². The Hall–Kier alpha value is -0.831. The molecule has 0 radical (unpaired) electrons. The molecule has 1 aromatic rings. The number of hydrogen-bond acceptors (Lipinski definition) is 3. The van der Waals surface area contributed by atoms with Gasteiger partial charge in [0.1, 0.15) is 0 Å². The second-order valence-corrected chi connectivity index (χ2v) is 6.15. The van der Waals surface area contributed by atoms with Crippen LogP contribution >= 0.6 is 0 Å². The van der Waals surface area contributed by atoms with Crippen molar-refractivity contribution in [3.63, 3.8) is 0 Å². The van der Waals surface area contributed by atoms with Crippen LogP contribution < -0.4 is 4.90 Å². The standard InChI is InChI=1S/C13H19N3Se/c1-2-11-17-16-8-4-7-15(9-10-16)13-5-3-6-14-12-13/h2-3,5-6,11-12H,4,7-10H2,1H3/b11-2+. The van der Waals surface area contributed by atoms with Gasteiger partial charge in [-0.2, -0.15) is 0 Å². The third-order valence-electron chi connectivity index (χ3n) is 2.81. The van der Waals surface area contributed by atoms with Crippen molar-refractivity contribution in [3.8, 4) is 0 Å². The predicted molar refractivity (Wildman–Crippen MR) is 73.2 cm³/mol. The Morgan fingerprint density at radius 1 is 1.29 bits per heavy atom. The number of anilines is 1. The molecule has 0 aliphatic carbocycles. The van der Waals surface area contributed by atoms with E-state index in [1.54, 1.807) is 0 Å². The van der Waals surface area contributed by atoms with Crippen LogP contribution in [0.25, 0.3) is 0 Å². The van der Waals surface area contributed by atoms with E-state index in [1.807, 2.05) is 18.5 Å². The fourth-order valence-electron chi connectivity index (χ4n) is 1.95. The predicted octanol–water partition coefficient (Wildman–Crippen LogP) is 1.75. The zero-order valence-electron chi connectivity index (χ0n) is 10.2. The molecule has 4 heteroatoms. The van der Waals surface area contributed by atoms with E-state index in [1.165, 1.54) is 25.2 Å². The molecule has 2 heterocycles. The Kier molecular flexibility index (Phi) is 5.05. The Bertz CT molecular complexity index is 353. The molecule has 0 unspecified atom stereocenters. The molecule has 3 nitrogen and oxygen atoms in total. The number of rotatable bonds is 3. The van der Waals surface area contributed by atoms with E-state index in [-0.39, 0.29) is 0 Å². The zero-order chi connectivity index (χ0) is 11.9. The van der Waals surface area contributed by atoms with Gasteiger partial charge in [-0.15, -0.1) is 0 Å². The summed E-state index contributed by atoms with van der Waals surface area (Å²) in [6.45, 7) is 6.75. The Labute approximate surface area is 110 Å². The molecule has 1 aromatic heterocycles. The van der Waals surface area contributed by atoms with Gasteiger partial charge in [-0.25, -0.2) is 0 Å². The summed E-state index contributed by atoms with van der Waals surface area (Å²) >= 11 is 0.527. The van der Waals surface area contributed by atoms with Crippen molar-refractivity contribution in [1.29, 1.82) is 0 Å². The average molecular weight is 296 g/mol. The first-order valence-corrected chi connectivity index (χ1v) is 7.83. The summed E-state index contributed by atoms with van der Waals surface area (Å²) in [5.74, 6) is 0. The zero-order valence-corrected chi connectivity index (χ0v) is 12.0. The molecule has 0 saturated carbocycles. The summed E-state index contributed by atoms with van der Waals surface area (Å²) in [6, 6.07) is 4.17. The van der Waals surface area contributed by atoms with E-state index in [2.05, 4.69) is 37.8 Å². The first kappa shape index (κ1) is 12.6. The second kappa shape index (κ2) is 6.80. The van der Waals surface area contributed by atoms with E-state index >= 15 is 0 Å². The van der Waals surface area contributed by atoms with Crippen LogP contribution in [0.5, 0.6) is 0 Å². The summed E-state index contributed by atoms with van der Waals surface area (Å²) in [6.07, 6.45) is 7.20. The topological polar surface area (TPSA) is 19.4 Å². The second-order valence-electron chi connectivity index (χ2n) is 4.06. The quantitative estimate of drug-likeness (QED) is 0.792. The number of hydrogen-bond donors (Lipinski definition) is 0. The third-order valence-corrected chi connectivity index (χ3v) is 5.03. The molecule has 0 atom stereocenters. The van der Waals surface area contributed by atoms with Crippen molar-refractivity contribution in [2.24, 2.45) is 0 Å². The monoisotopic (exact) mass is 297 g/mol. The summed E-state index contributed by atoms with van der Waals surface area (Å²) in [5, 5.41) is 0. The van der Waals surface area contributed by atoms with Crippen molar-refractivity contribution in [1.82, 2.24) is 8.90 Å². The molecule has 17 heavy (non-hydrogen) atoms. The van der Waals surface area contributed by atoms with Gasteiger partial charge < -0.3 is 0 Å². The Morgan fingerprint density at radius 3 is 3.00 bits per heavy atom. The van der Waals surface area contributed by atoms with Crippen LogP contribution in [0.3, 0.4) is 0 Å². The van der Waals surface area contributed by atoms with Gasteiger partial charge in [-0.3, -0.25) is 0 Å². The van der Waals surface area contributed by atoms with E-state index in [4.69, 9.17) is 0 Å². The van der Waals surface area contributed by atoms with Crippen molar-refractivity contribution in [2.75, 3.05) is 31.1 Å². The Morgan fingerprint density at radius 2 is 2.24 bits per heavy atom. The molecule has 0 spiro atoms. The van der Waals surface area contributed by atoms with Crippen molar-refractivity contribution < 1.29 is 0 Å². The van der Waals surface area contributed by atoms with Gasteiger partial charge >= 0.3 is 110 Å². The van der Waals surface area contributed by atoms with Crippen LogP contribution in [-0.4, -0.2) is 50.3 Å². The van der Waals surface area contributed by atoms with Crippen LogP contribution in [0.4, 0.5) is 5.69 Å². The van der Waals surface area contributed by atoms with Gasteiger partial charge in [0.2, 0.25) is 0 Å². The molecule has 92 valence electrons. The van der Waals surface area contributed by atoms with Crippen LogP contribution in [-0.2, 0) is 0 Å². The molecule has 1 aliphatic rings. The van der Waals surface area contributed by atoms with Crippen LogP contribution in [0, 0.1) is 0 Å². The molecule has 2 rings (SSSR count). The molecule has 0 bridgehead atoms.